The summed E-state index contributed by atoms with van der Waals surface area (Å²) in [5.74, 6) is -1.30. The van der Waals surface area contributed by atoms with Crippen molar-refractivity contribution >= 4 is 54.3 Å². The first-order valence-electron chi connectivity index (χ1n) is 9.87. The van der Waals surface area contributed by atoms with Crippen molar-refractivity contribution in [1.29, 1.82) is 0 Å². The molecule has 1 aliphatic rings. The molecule has 0 bridgehead atoms. The number of hydrogen-bond acceptors (Lipinski definition) is 10. The van der Waals surface area contributed by atoms with Gasteiger partial charge in [0.1, 0.15) is 15.8 Å². The average Bonchev–Trinajstić information content (AvgIpc) is 3.48. The molecule has 2 unspecified atom stereocenters. The second kappa shape index (κ2) is 8.56. The maximum Gasteiger partial charge on any atom is 0.286 e. The van der Waals surface area contributed by atoms with E-state index in [-0.39, 0.29) is 28.7 Å². The van der Waals surface area contributed by atoms with Crippen molar-refractivity contribution in [1.82, 2.24) is 20.5 Å². The van der Waals surface area contributed by atoms with Crippen molar-refractivity contribution in [2.24, 2.45) is 0 Å². The van der Waals surface area contributed by atoms with Crippen LogP contribution in [0.25, 0.3) is 21.3 Å². The van der Waals surface area contributed by atoms with Gasteiger partial charge in [0.15, 0.2) is 20.9 Å². The van der Waals surface area contributed by atoms with E-state index in [4.69, 9.17) is 4.42 Å². The van der Waals surface area contributed by atoms with Gasteiger partial charge in [0, 0.05) is 12.7 Å². The zero-order valence-electron chi connectivity index (χ0n) is 17.4. The first-order chi connectivity index (χ1) is 16.2. The van der Waals surface area contributed by atoms with Gasteiger partial charge in [-0.2, -0.15) is 0 Å². The zero-order chi connectivity index (χ0) is 24.0. The molecule has 13 heteroatoms. The van der Waals surface area contributed by atoms with Crippen molar-refractivity contribution in [3.63, 3.8) is 0 Å². The molecule has 2 aromatic carbocycles. The smallest absolute Gasteiger partial charge is 0.286 e. The van der Waals surface area contributed by atoms with Gasteiger partial charge in [-0.15, -0.1) is 21.5 Å². The van der Waals surface area contributed by atoms with Gasteiger partial charge in [-0.05, 0) is 23.3 Å². The van der Waals surface area contributed by atoms with Crippen LogP contribution in [0, 0.1) is 5.82 Å². The van der Waals surface area contributed by atoms with E-state index in [0.29, 0.717) is 10.3 Å². The van der Waals surface area contributed by atoms with Gasteiger partial charge in [0.2, 0.25) is 17.7 Å². The minimum atomic E-state index is -3.84. The van der Waals surface area contributed by atoms with Crippen LogP contribution < -0.4 is 5.32 Å². The van der Waals surface area contributed by atoms with E-state index in [1.807, 2.05) is 30.3 Å². The van der Waals surface area contributed by atoms with Crippen LogP contribution in [0.4, 0.5) is 9.18 Å². The van der Waals surface area contributed by atoms with Crippen molar-refractivity contribution in [3.05, 3.63) is 65.1 Å². The average molecular weight is 519 g/mol. The monoisotopic (exact) mass is 518 g/mol. The number of hydrogen-bond donors (Lipinski definition) is 1. The maximum absolute atomic E-state index is 14.9. The fourth-order valence-electron chi connectivity index (χ4n) is 3.53. The molecule has 0 aliphatic carbocycles. The summed E-state index contributed by atoms with van der Waals surface area (Å²) in [5, 5.41) is 7.31. The van der Waals surface area contributed by atoms with Crippen LogP contribution in [0.1, 0.15) is 22.0 Å². The van der Waals surface area contributed by atoms with Gasteiger partial charge in [-0.1, -0.05) is 42.1 Å². The fraction of sp³-hybridized carbons (Fsp3) is 0.190. The van der Waals surface area contributed by atoms with Crippen molar-refractivity contribution in [3.8, 4) is 11.1 Å². The molecule has 2 aromatic heterocycles. The molecule has 4 aromatic rings. The number of sulfone groups is 1. The Kier molecular flexibility index (Phi) is 5.70. The fourth-order valence-corrected chi connectivity index (χ4v) is 6.88. The first kappa shape index (κ1) is 22.6. The lowest BCUT2D eigenvalue weighted by Crippen LogP contribution is -2.25. The summed E-state index contributed by atoms with van der Waals surface area (Å²) in [6.45, 7) is 0. The second-order valence-electron chi connectivity index (χ2n) is 7.55. The number of thioether (sulfide) groups is 1. The van der Waals surface area contributed by atoms with E-state index < -0.39 is 37.3 Å². The standard InChI is InChI=1S/C21H15FN4O5S3/c1-34(29,30)17(19-26-25-15(31-19)9-14-18(27)24-21(28)33-14)20-23-16-12(22)7-11(8-13(16)32-20)10-5-3-2-4-6-10/h2-8,14,17H,9H2,1H3,(H,24,27,28). The first-order valence-corrected chi connectivity index (χ1v) is 13.5. The minimum absolute atomic E-state index is 0.00431. The molecular weight excluding hydrogens is 503 g/mol. The molecule has 0 saturated carbocycles. The molecule has 1 aliphatic heterocycles. The molecule has 5 rings (SSSR count). The Bertz CT molecular complexity index is 1530. The molecule has 1 N–H and O–H groups in total. The number of rotatable bonds is 6. The zero-order valence-corrected chi connectivity index (χ0v) is 19.8. The number of imide groups is 1. The number of nitrogens with zero attached hydrogens (tertiary/aromatic N) is 3. The van der Waals surface area contributed by atoms with Crippen molar-refractivity contribution in [2.45, 2.75) is 16.9 Å². The predicted molar refractivity (Wildman–Crippen MR) is 125 cm³/mol. The summed E-state index contributed by atoms with van der Waals surface area (Å²) in [4.78, 5) is 27.4. The molecule has 0 radical (unpaired) electrons. The number of carbonyl (C=O) groups is 2. The van der Waals surface area contributed by atoms with E-state index >= 15 is 0 Å². The SMILES string of the molecule is CS(=O)(=O)C(c1nnc(CC2SC(=O)NC2=O)o1)c1nc2c(F)cc(-c3ccccc3)cc2s1. The third-order valence-corrected chi connectivity index (χ3v) is 8.54. The summed E-state index contributed by atoms with van der Waals surface area (Å²) in [5.41, 5.74) is 1.50. The highest BCUT2D eigenvalue weighted by Crippen LogP contribution is 2.37. The number of fused-ring (bicyclic) bond motifs is 1. The minimum Gasteiger partial charge on any atom is -0.423 e. The Hall–Kier alpha value is -3.16. The highest BCUT2D eigenvalue weighted by atomic mass is 32.2. The number of benzene rings is 2. The molecule has 3 heterocycles. The van der Waals surface area contributed by atoms with Gasteiger partial charge in [0.25, 0.3) is 5.24 Å². The van der Waals surface area contributed by atoms with Crippen LogP contribution in [-0.2, 0) is 21.1 Å². The summed E-state index contributed by atoms with van der Waals surface area (Å²) in [6.07, 6.45) is 0.957. The summed E-state index contributed by atoms with van der Waals surface area (Å²) in [6, 6.07) is 12.3. The van der Waals surface area contributed by atoms with E-state index in [0.717, 1.165) is 34.9 Å². The Morgan fingerprint density at radius 1 is 1.15 bits per heavy atom. The number of aromatic nitrogens is 3. The van der Waals surface area contributed by atoms with E-state index in [2.05, 4.69) is 20.5 Å². The van der Waals surface area contributed by atoms with Gasteiger partial charge >= 0.3 is 0 Å². The van der Waals surface area contributed by atoms with Gasteiger partial charge < -0.3 is 4.42 Å². The topological polar surface area (TPSA) is 132 Å². The molecule has 2 amide bonds. The highest BCUT2D eigenvalue weighted by Gasteiger charge is 2.36. The van der Waals surface area contributed by atoms with Crippen LogP contribution in [-0.4, -0.2) is 46.3 Å². The van der Waals surface area contributed by atoms with Gasteiger partial charge in [0.05, 0.1) is 4.70 Å². The summed E-state index contributed by atoms with van der Waals surface area (Å²) in [7, 11) is -3.84. The molecule has 1 saturated heterocycles. The molecule has 9 nitrogen and oxygen atoms in total. The van der Waals surface area contributed by atoms with E-state index in [1.54, 1.807) is 6.07 Å². The Labute approximate surface area is 200 Å². The molecule has 0 spiro atoms. The van der Waals surface area contributed by atoms with Crippen LogP contribution in [0.3, 0.4) is 0 Å². The maximum atomic E-state index is 14.9. The normalized spacial score (nSPS) is 17.3. The number of thiazole rings is 1. The van der Waals surface area contributed by atoms with E-state index in [9.17, 15) is 22.4 Å². The number of amides is 2. The third kappa shape index (κ3) is 4.33. The van der Waals surface area contributed by atoms with Crippen molar-refractivity contribution in [2.75, 3.05) is 6.26 Å². The van der Waals surface area contributed by atoms with Crippen LogP contribution in [0.5, 0.6) is 0 Å². The van der Waals surface area contributed by atoms with Crippen LogP contribution in [0.2, 0.25) is 0 Å². The number of carbonyl (C=O) groups excluding carboxylic acids is 2. The second-order valence-corrected chi connectivity index (χ2v) is 11.9. The Morgan fingerprint density at radius 2 is 1.91 bits per heavy atom. The molecule has 174 valence electrons. The highest BCUT2D eigenvalue weighted by molar-refractivity contribution is 8.15. The Morgan fingerprint density at radius 3 is 2.59 bits per heavy atom. The Balaban J connectivity index is 1.51. The lowest BCUT2D eigenvalue weighted by Gasteiger charge is -2.07. The summed E-state index contributed by atoms with van der Waals surface area (Å²) >= 11 is 1.82. The van der Waals surface area contributed by atoms with Crippen LogP contribution >= 0.6 is 23.1 Å². The number of halogens is 1. The quantitative estimate of drug-likeness (QED) is 0.407. The lowest BCUT2D eigenvalue weighted by atomic mass is 10.1. The molecular formula is C21H15FN4O5S3. The van der Waals surface area contributed by atoms with Crippen LogP contribution in [0.15, 0.2) is 46.9 Å². The summed E-state index contributed by atoms with van der Waals surface area (Å²) < 4.78 is 46.2. The van der Waals surface area contributed by atoms with Crippen molar-refractivity contribution < 1.29 is 26.8 Å². The molecule has 1 fully saturated rings. The third-order valence-electron chi connectivity index (χ3n) is 5.06. The van der Waals surface area contributed by atoms with Gasteiger partial charge in [-0.25, -0.2) is 17.8 Å². The largest absolute Gasteiger partial charge is 0.423 e. The molecule has 2 atom stereocenters. The lowest BCUT2D eigenvalue weighted by molar-refractivity contribution is -0.119. The number of nitrogens with one attached hydrogen (secondary N) is 1. The predicted octanol–water partition coefficient (Wildman–Crippen LogP) is 3.51. The van der Waals surface area contributed by atoms with Gasteiger partial charge in [-0.3, -0.25) is 14.9 Å². The molecule has 34 heavy (non-hydrogen) atoms. The van der Waals surface area contributed by atoms with E-state index in [1.165, 1.54) is 6.07 Å².